The molecule has 0 saturated carbocycles. The molecule has 21 heavy (non-hydrogen) atoms. The normalized spacial score (nSPS) is 10.3. The van der Waals surface area contributed by atoms with E-state index < -0.39 is 0 Å². The molecule has 2 amide bonds. The Morgan fingerprint density at radius 1 is 1.19 bits per heavy atom. The van der Waals surface area contributed by atoms with Gasteiger partial charge in [0.15, 0.2) is 0 Å². The Balaban J connectivity index is 2.52. The fourth-order valence-corrected chi connectivity index (χ4v) is 2.11. The smallest absolute Gasteiger partial charge is 0.254 e. The maximum Gasteiger partial charge on any atom is 0.254 e. The molecule has 116 valence electrons. The second-order valence-electron chi connectivity index (χ2n) is 5.23. The summed E-state index contributed by atoms with van der Waals surface area (Å²) in [5, 5.41) is 2.76. The van der Waals surface area contributed by atoms with E-state index in [-0.39, 0.29) is 18.4 Å². The molecular formula is C16H24N2O3. The molecule has 0 bridgehead atoms. The molecule has 1 rings (SSSR count). The van der Waals surface area contributed by atoms with Crippen molar-refractivity contribution in [3.8, 4) is 0 Å². The van der Waals surface area contributed by atoms with Crippen LogP contribution >= 0.6 is 0 Å². The molecule has 0 aliphatic heterocycles. The SMILES string of the molecule is COCCCNC(=O)CN(C)C(=O)c1cc(C)cc(C)c1. The summed E-state index contributed by atoms with van der Waals surface area (Å²) < 4.78 is 4.91. The van der Waals surface area contributed by atoms with E-state index in [1.807, 2.05) is 32.0 Å². The van der Waals surface area contributed by atoms with Crippen LogP contribution in [0.2, 0.25) is 0 Å². The zero-order valence-electron chi connectivity index (χ0n) is 13.2. The second kappa shape index (κ2) is 8.42. The lowest BCUT2D eigenvalue weighted by Gasteiger charge is -2.17. The number of carbonyl (C=O) groups excluding carboxylic acids is 2. The number of nitrogens with zero attached hydrogens (tertiary/aromatic N) is 1. The first-order valence-corrected chi connectivity index (χ1v) is 7.03. The maximum atomic E-state index is 12.3. The molecular weight excluding hydrogens is 268 g/mol. The van der Waals surface area contributed by atoms with Gasteiger partial charge in [-0.05, 0) is 32.4 Å². The third-order valence-electron chi connectivity index (χ3n) is 3.04. The molecule has 5 nitrogen and oxygen atoms in total. The predicted octanol–water partition coefficient (Wildman–Crippen LogP) is 1.53. The van der Waals surface area contributed by atoms with E-state index in [2.05, 4.69) is 5.32 Å². The molecule has 0 heterocycles. The highest BCUT2D eigenvalue weighted by atomic mass is 16.5. The van der Waals surface area contributed by atoms with Crippen LogP contribution < -0.4 is 5.32 Å². The van der Waals surface area contributed by atoms with E-state index in [1.54, 1.807) is 14.2 Å². The molecule has 0 aliphatic carbocycles. The topological polar surface area (TPSA) is 58.6 Å². The van der Waals surface area contributed by atoms with Crippen molar-refractivity contribution >= 4 is 11.8 Å². The lowest BCUT2D eigenvalue weighted by molar-refractivity contribution is -0.121. The first kappa shape index (κ1) is 17.2. The Bertz CT molecular complexity index is 480. The minimum Gasteiger partial charge on any atom is -0.385 e. The highest BCUT2D eigenvalue weighted by Crippen LogP contribution is 2.10. The molecule has 1 aromatic carbocycles. The molecule has 1 N–H and O–H groups in total. The van der Waals surface area contributed by atoms with E-state index in [9.17, 15) is 9.59 Å². The van der Waals surface area contributed by atoms with Gasteiger partial charge in [-0.2, -0.15) is 0 Å². The quantitative estimate of drug-likeness (QED) is 0.775. The molecule has 0 spiro atoms. The molecule has 0 radical (unpaired) electrons. The van der Waals surface area contributed by atoms with Crippen LogP contribution in [0, 0.1) is 13.8 Å². The van der Waals surface area contributed by atoms with E-state index >= 15 is 0 Å². The minimum atomic E-state index is -0.161. The Kier molecular flexibility index (Phi) is 6.88. The number of rotatable bonds is 7. The van der Waals surface area contributed by atoms with Crippen molar-refractivity contribution in [1.82, 2.24) is 10.2 Å². The second-order valence-corrected chi connectivity index (χ2v) is 5.23. The number of methoxy groups -OCH3 is 1. The summed E-state index contributed by atoms with van der Waals surface area (Å²) in [4.78, 5) is 25.5. The van der Waals surface area contributed by atoms with Crippen LogP contribution in [0.25, 0.3) is 0 Å². The number of ether oxygens (including phenoxy) is 1. The van der Waals surface area contributed by atoms with Gasteiger partial charge in [0.25, 0.3) is 5.91 Å². The number of nitrogens with one attached hydrogen (secondary N) is 1. The van der Waals surface area contributed by atoms with Crippen molar-refractivity contribution in [1.29, 1.82) is 0 Å². The number of hydrogen-bond acceptors (Lipinski definition) is 3. The standard InChI is InChI=1S/C16H24N2O3/c1-12-8-13(2)10-14(9-12)16(20)18(3)11-15(19)17-6-5-7-21-4/h8-10H,5-7,11H2,1-4H3,(H,17,19). The van der Waals surface area contributed by atoms with Gasteiger partial charge in [0.2, 0.25) is 5.91 Å². The van der Waals surface area contributed by atoms with Gasteiger partial charge in [-0.1, -0.05) is 17.2 Å². The first-order valence-electron chi connectivity index (χ1n) is 7.03. The van der Waals surface area contributed by atoms with Crippen molar-refractivity contribution in [2.24, 2.45) is 0 Å². The highest BCUT2D eigenvalue weighted by molar-refractivity contribution is 5.96. The Morgan fingerprint density at radius 3 is 2.38 bits per heavy atom. The third kappa shape index (κ3) is 5.95. The number of amides is 2. The molecule has 0 aromatic heterocycles. The van der Waals surface area contributed by atoms with Crippen molar-refractivity contribution in [2.75, 3.05) is 33.9 Å². The number of benzene rings is 1. The van der Waals surface area contributed by atoms with Gasteiger partial charge < -0.3 is 15.0 Å². The van der Waals surface area contributed by atoms with E-state index in [4.69, 9.17) is 4.74 Å². The van der Waals surface area contributed by atoms with Crippen LogP contribution in [-0.2, 0) is 9.53 Å². The summed E-state index contributed by atoms with van der Waals surface area (Å²) in [7, 11) is 3.26. The number of likely N-dealkylation sites (N-methyl/N-ethyl adjacent to an activating group) is 1. The van der Waals surface area contributed by atoms with Crippen LogP contribution in [0.15, 0.2) is 18.2 Å². The van der Waals surface area contributed by atoms with E-state index in [0.717, 1.165) is 17.5 Å². The zero-order valence-corrected chi connectivity index (χ0v) is 13.2. The summed E-state index contributed by atoms with van der Waals surface area (Å²) in [6.07, 6.45) is 0.761. The molecule has 0 fully saturated rings. The van der Waals surface area contributed by atoms with Crippen molar-refractivity contribution in [2.45, 2.75) is 20.3 Å². The van der Waals surface area contributed by atoms with Crippen molar-refractivity contribution < 1.29 is 14.3 Å². The van der Waals surface area contributed by atoms with E-state index in [0.29, 0.717) is 18.7 Å². The van der Waals surface area contributed by atoms with Crippen LogP contribution in [0.3, 0.4) is 0 Å². The van der Waals surface area contributed by atoms with Crippen LogP contribution in [-0.4, -0.2) is 50.6 Å². The Hall–Kier alpha value is -1.88. The fourth-order valence-electron chi connectivity index (χ4n) is 2.11. The monoisotopic (exact) mass is 292 g/mol. The summed E-state index contributed by atoms with van der Waals surface area (Å²) in [5.41, 5.74) is 2.69. The lowest BCUT2D eigenvalue weighted by atomic mass is 10.1. The van der Waals surface area contributed by atoms with Crippen LogP contribution in [0.4, 0.5) is 0 Å². The molecule has 0 saturated heterocycles. The van der Waals surface area contributed by atoms with E-state index in [1.165, 1.54) is 4.90 Å². The summed E-state index contributed by atoms with van der Waals surface area (Å²) in [6.45, 7) is 5.12. The molecule has 1 aromatic rings. The minimum absolute atomic E-state index is 0.0544. The van der Waals surface area contributed by atoms with Gasteiger partial charge in [-0.25, -0.2) is 0 Å². The van der Waals surface area contributed by atoms with Gasteiger partial charge >= 0.3 is 0 Å². The summed E-state index contributed by atoms with van der Waals surface area (Å²) >= 11 is 0. The van der Waals surface area contributed by atoms with Gasteiger partial charge in [0.1, 0.15) is 0 Å². The largest absolute Gasteiger partial charge is 0.385 e. The molecule has 0 aliphatic rings. The Labute approximate surface area is 126 Å². The fraction of sp³-hybridized carbons (Fsp3) is 0.500. The predicted molar refractivity (Wildman–Crippen MR) is 82.4 cm³/mol. The number of hydrogen-bond donors (Lipinski definition) is 1. The van der Waals surface area contributed by atoms with Crippen molar-refractivity contribution in [3.05, 3.63) is 34.9 Å². The number of carbonyl (C=O) groups is 2. The average Bonchev–Trinajstić information content (AvgIpc) is 2.41. The van der Waals surface area contributed by atoms with Crippen LogP contribution in [0.5, 0.6) is 0 Å². The van der Waals surface area contributed by atoms with Gasteiger partial charge in [-0.15, -0.1) is 0 Å². The van der Waals surface area contributed by atoms with Crippen molar-refractivity contribution in [3.63, 3.8) is 0 Å². The molecule has 0 unspecified atom stereocenters. The van der Waals surface area contributed by atoms with Gasteiger partial charge in [-0.3, -0.25) is 9.59 Å². The number of aryl methyl sites for hydroxylation is 2. The molecule has 0 atom stereocenters. The lowest BCUT2D eigenvalue weighted by Crippen LogP contribution is -2.38. The molecule has 5 heteroatoms. The Morgan fingerprint density at radius 2 is 1.81 bits per heavy atom. The first-order chi connectivity index (χ1) is 9.93. The zero-order chi connectivity index (χ0) is 15.8. The maximum absolute atomic E-state index is 12.3. The summed E-state index contributed by atoms with van der Waals surface area (Å²) in [6, 6.07) is 5.68. The average molecular weight is 292 g/mol. The summed E-state index contributed by atoms with van der Waals surface area (Å²) in [5.74, 6) is -0.305. The van der Waals surface area contributed by atoms with Gasteiger partial charge in [0, 0.05) is 32.9 Å². The van der Waals surface area contributed by atoms with Crippen LogP contribution in [0.1, 0.15) is 27.9 Å². The van der Waals surface area contributed by atoms with Gasteiger partial charge in [0.05, 0.1) is 6.54 Å². The third-order valence-corrected chi connectivity index (χ3v) is 3.04. The highest BCUT2D eigenvalue weighted by Gasteiger charge is 2.15.